The molecule has 1 aromatic carbocycles. The van der Waals surface area contributed by atoms with E-state index in [2.05, 4.69) is 5.32 Å². The number of nitrogen functional groups attached to an aromatic ring is 1. The van der Waals surface area contributed by atoms with Crippen LogP contribution in [-0.4, -0.2) is 45.6 Å². The van der Waals surface area contributed by atoms with Gasteiger partial charge in [0.1, 0.15) is 0 Å². The summed E-state index contributed by atoms with van der Waals surface area (Å²) < 4.78 is 30.9. The Bertz CT molecular complexity index is 587. The van der Waals surface area contributed by atoms with Crippen LogP contribution in [0.1, 0.15) is 13.3 Å². The van der Waals surface area contributed by atoms with Crippen molar-refractivity contribution in [3.8, 4) is 0 Å². The van der Waals surface area contributed by atoms with E-state index < -0.39 is 10.0 Å². The molecule has 0 aromatic heterocycles. The van der Waals surface area contributed by atoms with E-state index in [0.29, 0.717) is 18.0 Å². The number of nitrogens with two attached hydrogens (primary N) is 1. The van der Waals surface area contributed by atoms with Gasteiger partial charge in [-0.2, -0.15) is 0 Å². The van der Waals surface area contributed by atoms with Gasteiger partial charge in [-0.3, -0.25) is 0 Å². The molecule has 1 heterocycles. The van der Waals surface area contributed by atoms with Crippen LogP contribution in [0.5, 0.6) is 0 Å². The molecule has 2 atom stereocenters. The zero-order valence-corrected chi connectivity index (χ0v) is 12.8. The predicted octanol–water partition coefficient (Wildman–Crippen LogP) is 1.11. The minimum Gasteiger partial charge on any atom is -0.397 e. The zero-order chi connectivity index (χ0) is 14.9. The molecule has 1 aromatic rings. The van der Waals surface area contributed by atoms with Gasteiger partial charge in [-0.15, -0.1) is 0 Å². The van der Waals surface area contributed by atoms with Crippen LogP contribution >= 0.6 is 0 Å². The van der Waals surface area contributed by atoms with E-state index in [-0.39, 0.29) is 17.0 Å². The first-order valence-electron chi connectivity index (χ1n) is 6.52. The molecule has 6 nitrogen and oxygen atoms in total. The molecule has 112 valence electrons. The van der Waals surface area contributed by atoms with E-state index >= 15 is 0 Å². The molecule has 0 aliphatic carbocycles. The molecule has 1 aliphatic heterocycles. The smallest absolute Gasteiger partial charge is 0.242 e. The Kier molecular flexibility index (Phi) is 4.22. The Hall–Kier alpha value is -1.31. The maximum Gasteiger partial charge on any atom is 0.242 e. The molecule has 7 heteroatoms. The first-order chi connectivity index (χ1) is 9.32. The standard InChI is InChI=1S/C13H21N3O3S/c1-9-12(6-7-19-9)15-13-8-10(4-5-11(13)14)20(17,18)16(2)3/h4-5,8-9,12,15H,6-7,14H2,1-3H3. The van der Waals surface area contributed by atoms with E-state index in [1.54, 1.807) is 12.1 Å². The number of hydrogen-bond acceptors (Lipinski definition) is 5. The first-order valence-corrected chi connectivity index (χ1v) is 7.96. The van der Waals surface area contributed by atoms with Crippen LogP contribution in [0.2, 0.25) is 0 Å². The average molecular weight is 299 g/mol. The fourth-order valence-electron chi connectivity index (χ4n) is 2.15. The number of sulfonamides is 1. The van der Waals surface area contributed by atoms with E-state index in [1.807, 2.05) is 6.92 Å². The highest BCUT2D eigenvalue weighted by atomic mass is 32.2. The fourth-order valence-corrected chi connectivity index (χ4v) is 3.08. The van der Waals surface area contributed by atoms with Gasteiger partial charge in [0.25, 0.3) is 0 Å². The number of hydrogen-bond donors (Lipinski definition) is 2. The molecule has 0 bridgehead atoms. The van der Waals surface area contributed by atoms with Crippen molar-refractivity contribution in [1.29, 1.82) is 0 Å². The normalized spacial score (nSPS) is 23.2. The summed E-state index contributed by atoms with van der Waals surface area (Å²) in [5.74, 6) is 0. The summed E-state index contributed by atoms with van der Waals surface area (Å²) in [6.45, 7) is 2.69. The lowest BCUT2D eigenvalue weighted by Gasteiger charge is -2.20. The Morgan fingerprint density at radius 2 is 2.10 bits per heavy atom. The van der Waals surface area contributed by atoms with E-state index in [0.717, 1.165) is 6.42 Å². The second kappa shape index (κ2) is 5.59. The summed E-state index contributed by atoms with van der Waals surface area (Å²) in [5.41, 5.74) is 7.08. The lowest BCUT2D eigenvalue weighted by Crippen LogP contribution is -2.27. The van der Waals surface area contributed by atoms with E-state index in [4.69, 9.17) is 10.5 Å². The summed E-state index contributed by atoms with van der Waals surface area (Å²) in [7, 11) is -0.446. The minimum absolute atomic E-state index is 0.0866. The largest absolute Gasteiger partial charge is 0.397 e. The predicted molar refractivity (Wildman–Crippen MR) is 79.2 cm³/mol. The van der Waals surface area contributed by atoms with Gasteiger partial charge in [0, 0.05) is 20.7 Å². The molecule has 1 aliphatic rings. The van der Waals surface area contributed by atoms with Crippen LogP contribution in [0, 0.1) is 0 Å². The van der Waals surface area contributed by atoms with Gasteiger partial charge in [0.2, 0.25) is 10.0 Å². The molecule has 1 saturated heterocycles. The number of nitrogens with zero attached hydrogens (tertiary/aromatic N) is 1. The summed E-state index contributed by atoms with van der Waals surface area (Å²) in [6.07, 6.45) is 0.967. The molecule has 2 unspecified atom stereocenters. The van der Waals surface area contributed by atoms with E-state index in [1.165, 1.54) is 24.5 Å². The van der Waals surface area contributed by atoms with Gasteiger partial charge in [-0.25, -0.2) is 12.7 Å². The third-order valence-electron chi connectivity index (χ3n) is 3.52. The molecule has 3 N–H and O–H groups in total. The van der Waals surface area contributed by atoms with Crippen LogP contribution in [0.25, 0.3) is 0 Å². The number of anilines is 2. The van der Waals surface area contributed by atoms with Crippen LogP contribution in [0.15, 0.2) is 23.1 Å². The minimum atomic E-state index is -3.46. The van der Waals surface area contributed by atoms with Crippen LogP contribution < -0.4 is 11.1 Å². The molecule has 20 heavy (non-hydrogen) atoms. The van der Waals surface area contributed by atoms with Crippen molar-refractivity contribution in [2.24, 2.45) is 0 Å². The summed E-state index contributed by atoms with van der Waals surface area (Å²) in [5, 5.41) is 3.28. The fraction of sp³-hybridized carbons (Fsp3) is 0.538. The van der Waals surface area contributed by atoms with Crippen LogP contribution in [-0.2, 0) is 14.8 Å². The van der Waals surface area contributed by atoms with Crippen molar-refractivity contribution in [2.45, 2.75) is 30.4 Å². The number of nitrogens with one attached hydrogen (secondary N) is 1. The molecule has 2 rings (SSSR count). The monoisotopic (exact) mass is 299 g/mol. The first kappa shape index (κ1) is 15.1. The zero-order valence-electron chi connectivity index (χ0n) is 12.0. The number of benzene rings is 1. The van der Waals surface area contributed by atoms with Crippen molar-refractivity contribution >= 4 is 21.4 Å². The Morgan fingerprint density at radius 3 is 2.65 bits per heavy atom. The quantitative estimate of drug-likeness (QED) is 0.814. The SMILES string of the molecule is CC1OCCC1Nc1cc(S(=O)(=O)N(C)C)ccc1N. The molecule has 0 spiro atoms. The van der Waals surface area contributed by atoms with Crippen molar-refractivity contribution in [3.05, 3.63) is 18.2 Å². The lowest BCUT2D eigenvalue weighted by molar-refractivity contribution is 0.121. The van der Waals surface area contributed by atoms with Gasteiger partial charge in [-0.1, -0.05) is 0 Å². The third-order valence-corrected chi connectivity index (χ3v) is 5.33. The van der Waals surface area contributed by atoms with Crippen molar-refractivity contribution < 1.29 is 13.2 Å². The summed E-state index contributed by atoms with van der Waals surface area (Å²) >= 11 is 0. The summed E-state index contributed by atoms with van der Waals surface area (Å²) in [4.78, 5) is 0.228. The Labute approximate surface area is 120 Å². The molecule has 1 fully saturated rings. The van der Waals surface area contributed by atoms with Gasteiger partial charge in [0.15, 0.2) is 0 Å². The second-order valence-electron chi connectivity index (χ2n) is 5.15. The van der Waals surface area contributed by atoms with Gasteiger partial charge >= 0.3 is 0 Å². The molecule has 0 saturated carbocycles. The van der Waals surface area contributed by atoms with Crippen molar-refractivity contribution in [1.82, 2.24) is 4.31 Å². The number of ether oxygens (including phenoxy) is 1. The maximum atomic E-state index is 12.1. The molecular formula is C13H21N3O3S. The number of rotatable bonds is 4. The average Bonchev–Trinajstić information content (AvgIpc) is 2.77. The molecular weight excluding hydrogens is 278 g/mol. The Balaban J connectivity index is 2.30. The summed E-state index contributed by atoms with van der Waals surface area (Å²) in [6, 6.07) is 4.86. The second-order valence-corrected chi connectivity index (χ2v) is 7.30. The van der Waals surface area contributed by atoms with Gasteiger partial charge < -0.3 is 15.8 Å². The molecule has 0 radical (unpaired) electrons. The highest BCUT2D eigenvalue weighted by Crippen LogP contribution is 2.27. The third kappa shape index (κ3) is 2.89. The lowest BCUT2D eigenvalue weighted by atomic mass is 10.1. The highest BCUT2D eigenvalue weighted by Gasteiger charge is 2.25. The van der Waals surface area contributed by atoms with Crippen molar-refractivity contribution in [3.63, 3.8) is 0 Å². The van der Waals surface area contributed by atoms with Crippen molar-refractivity contribution in [2.75, 3.05) is 31.8 Å². The van der Waals surface area contributed by atoms with Crippen LogP contribution in [0.3, 0.4) is 0 Å². The molecule has 0 amide bonds. The Morgan fingerprint density at radius 1 is 1.40 bits per heavy atom. The topological polar surface area (TPSA) is 84.7 Å². The van der Waals surface area contributed by atoms with E-state index in [9.17, 15) is 8.42 Å². The van der Waals surface area contributed by atoms with Gasteiger partial charge in [0.05, 0.1) is 28.4 Å². The maximum absolute atomic E-state index is 12.1. The van der Waals surface area contributed by atoms with Gasteiger partial charge in [-0.05, 0) is 31.5 Å². The highest BCUT2D eigenvalue weighted by molar-refractivity contribution is 7.89. The van der Waals surface area contributed by atoms with Crippen LogP contribution in [0.4, 0.5) is 11.4 Å².